The van der Waals surface area contributed by atoms with Crippen LogP contribution in [0.15, 0.2) is 42.7 Å². The Morgan fingerprint density at radius 1 is 1.12 bits per heavy atom. The van der Waals surface area contributed by atoms with Crippen molar-refractivity contribution < 1.29 is 0 Å². The average molecular weight is 387 g/mol. The van der Waals surface area contributed by atoms with E-state index in [1.165, 1.54) is 0 Å². The Morgan fingerprint density at radius 2 is 1.96 bits per heavy atom. The molecular weight excluding hydrogens is 368 g/mol. The molecule has 26 heavy (non-hydrogen) atoms. The van der Waals surface area contributed by atoms with Gasteiger partial charge in [-0.2, -0.15) is 0 Å². The summed E-state index contributed by atoms with van der Waals surface area (Å²) in [5.41, 5.74) is 2.81. The van der Waals surface area contributed by atoms with Crippen LogP contribution in [0.2, 0.25) is 5.02 Å². The Labute approximate surface area is 162 Å². The van der Waals surface area contributed by atoms with E-state index < -0.39 is 0 Å². The van der Waals surface area contributed by atoms with Gasteiger partial charge in [0.1, 0.15) is 0 Å². The largest absolute Gasteiger partial charge is 0.384 e. The fourth-order valence-electron chi connectivity index (χ4n) is 2.44. The number of pyridine rings is 1. The van der Waals surface area contributed by atoms with Crippen LogP contribution in [0.1, 0.15) is 12.1 Å². The lowest BCUT2D eigenvalue weighted by Crippen LogP contribution is -2.30. The van der Waals surface area contributed by atoms with E-state index in [2.05, 4.69) is 30.9 Å². The molecule has 2 heterocycles. The lowest BCUT2D eigenvalue weighted by Gasteiger charge is -2.11. The van der Waals surface area contributed by atoms with E-state index in [9.17, 15) is 0 Å². The monoisotopic (exact) mass is 386 g/mol. The van der Waals surface area contributed by atoms with Crippen molar-refractivity contribution >= 4 is 51.5 Å². The summed E-state index contributed by atoms with van der Waals surface area (Å²) in [6.07, 6.45) is 4.37. The van der Waals surface area contributed by atoms with Gasteiger partial charge in [0.05, 0.1) is 5.52 Å². The summed E-state index contributed by atoms with van der Waals surface area (Å²) in [7, 11) is 0. The van der Waals surface area contributed by atoms with Crippen LogP contribution in [0.3, 0.4) is 0 Å². The van der Waals surface area contributed by atoms with Gasteiger partial charge in [0.25, 0.3) is 0 Å². The van der Waals surface area contributed by atoms with Crippen molar-refractivity contribution in [3.8, 4) is 0 Å². The minimum absolute atomic E-state index is 0.502. The lowest BCUT2D eigenvalue weighted by molar-refractivity contribution is 0.809. The third-order valence-electron chi connectivity index (χ3n) is 3.68. The zero-order valence-corrected chi connectivity index (χ0v) is 15.9. The van der Waals surface area contributed by atoms with E-state index in [-0.39, 0.29) is 0 Å². The highest BCUT2D eigenvalue weighted by atomic mass is 35.5. The van der Waals surface area contributed by atoms with Crippen molar-refractivity contribution in [2.45, 2.75) is 13.3 Å². The van der Waals surface area contributed by atoms with Crippen molar-refractivity contribution in [2.24, 2.45) is 0 Å². The Kier molecular flexibility index (Phi) is 6.14. The van der Waals surface area contributed by atoms with E-state index in [4.69, 9.17) is 23.8 Å². The molecule has 0 fully saturated rings. The molecule has 0 unspecified atom stereocenters. The van der Waals surface area contributed by atoms with Gasteiger partial charge in [0.15, 0.2) is 5.11 Å². The van der Waals surface area contributed by atoms with Crippen molar-refractivity contribution in [1.82, 2.24) is 20.3 Å². The van der Waals surface area contributed by atoms with Gasteiger partial charge in [0, 0.05) is 47.3 Å². The molecule has 1 aromatic carbocycles. The predicted molar refractivity (Wildman–Crippen MR) is 111 cm³/mol. The van der Waals surface area contributed by atoms with E-state index >= 15 is 0 Å². The first-order valence-electron chi connectivity index (χ1n) is 8.24. The van der Waals surface area contributed by atoms with Gasteiger partial charge in [-0.15, -0.1) is 0 Å². The first-order valence-corrected chi connectivity index (χ1v) is 9.03. The SMILES string of the molecule is Cc1ccnc(NC(=S)NCCCNc2ccnc3cc(Cl)ccc23)n1. The van der Waals surface area contributed by atoms with Crippen LogP contribution in [0.25, 0.3) is 10.9 Å². The molecule has 0 amide bonds. The van der Waals surface area contributed by atoms with Gasteiger partial charge >= 0.3 is 0 Å². The van der Waals surface area contributed by atoms with Gasteiger partial charge in [-0.25, -0.2) is 9.97 Å². The van der Waals surface area contributed by atoms with Crippen LogP contribution < -0.4 is 16.0 Å². The number of anilines is 2. The first kappa shape index (κ1) is 18.3. The number of nitrogens with one attached hydrogen (secondary N) is 3. The Hall–Kier alpha value is -2.51. The summed E-state index contributed by atoms with van der Waals surface area (Å²) >= 11 is 11.3. The molecule has 0 bridgehead atoms. The van der Waals surface area contributed by atoms with Gasteiger partial charge in [-0.1, -0.05) is 11.6 Å². The maximum absolute atomic E-state index is 6.02. The molecule has 0 aliphatic rings. The molecule has 0 radical (unpaired) electrons. The Bertz CT molecular complexity index is 917. The number of fused-ring (bicyclic) bond motifs is 1. The molecular formula is C18H19ClN6S. The second kappa shape index (κ2) is 8.73. The summed E-state index contributed by atoms with van der Waals surface area (Å²) in [6.45, 7) is 3.45. The van der Waals surface area contributed by atoms with Crippen LogP contribution in [0.5, 0.6) is 0 Å². The number of nitrogens with zero attached hydrogens (tertiary/aromatic N) is 3. The van der Waals surface area contributed by atoms with Gasteiger partial charge in [-0.3, -0.25) is 4.98 Å². The topological polar surface area (TPSA) is 74.8 Å². The highest BCUT2D eigenvalue weighted by molar-refractivity contribution is 7.80. The van der Waals surface area contributed by atoms with Crippen molar-refractivity contribution in [2.75, 3.05) is 23.7 Å². The highest BCUT2D eigenvalue weighted by Gasteiger charge is 2.03. The Balaban J connectivity index is 1.44. The minimum atomic E-state index is 0.502. The summed E-state index contributed by atoms with van der Waals surface area (Å²) in [4.78, 5) is 12.7. The van der Waals surface area contributed by atoms with Crippen LogP contribution >= 0.6 is 23.8 Å². The zero-order chi connectivity index (χ0) is 18.4. The number of benzene rings is 1. The predicted octanol–water partition coefficient (Wildman–Crippen LogP) is 3.78. The maximum atomic E-state index is 6.02. The average Bonchev–Trinajstić information content (AvgIpc) is 2.61. The number of aromatic nitrogens is 3. The number of rotatable bonds is 6. The molecule has 0 saturated carbocycles. The molecule has 0 spiro atoms. The summed E-state index contributed by atoms with van der Waals surface area (Å²) in [5, 5.41) is 11.8. The highest BCUT2D eigenvalue weighted by Crippen LogP contribution is 2.24. The fraction of sp³-hybridized carbons (Fsp3) is 0.222. The van der Waals surface area contributed by atoms with Crippen molar-refractivity contribution in [3.63, 3.8) is 0 Å². The molecule has 0 saturated heterocycles. The van der Waals surface area contributed by atoms with Crippen LogP contribution in [0, 0.1) is 6.92 Å². The minimum Gasteiger partial charge on any atom is -0.384 e. The molecule has 0 aliphatic heterocycles. The molecule has 3 N–H and O–H groups in total. The third-order valence-corrected chi connectivity index (χ3v) is 4.16. The second-order valence-corrected chi connectivity index (χ2v) is 6.55. The van der Waals surface area contributed by atoms with E-state index in [1.807, 2.05) is 37.3 Å². The summed E-state index contributed by atoms with van der Waals surface area (Å²) in [5.74, 6) is 0.502. The molecule has 0 aliphatic carbocycles. The zero-order valence-electron chi connectivity index (χ0n) is 14.3. The fourth-order valence-corrected chi connectivity index (χ4v) is 2.80. The summed E-state index contributed by atoms with van der Waals surface area (Å²) in [6, 6.07) is 9.51. The first-order chi connectivity index (χ1) is 12.6. The molecule has 134 valence electrons. The normalized spacial score (nSPS) is 10.5. The number of thiocarbonyl (C=S) groups is 1. The molecule has 8 heteroatoms. The standard InChI is InChI=1S/C18H19ClN6S/c1-12-5-9-22-17(24-12)25-18(26)23-8-2-7-20-15-6-10-21-16-11-13(19)3-4-14(15)16/h3-6,9-11H,2,7-8H2,1H3,(H,20,21)(H2,22,23,24,25,26). The smallest absolute Gasteiger partial charge is 0.229 e. The van der Waals surface area contributed by atoms with Crippen LogP contribution in [0.4, 0.5) is 11.6 Å². The number of hydrogen-bond acceptors (Lipinski definition) is 5. The third kappa shape index (κ3) is 5.00. The van der Waals surface area contributed by atoms with Crippen LogP contribution in [-0.2, 0) is 0 Å². The summed E-state index contributed by atoms with van der Waals surface area (Å²) < 4.78 is 0. The van der Waals surface area contributed by atoms with Crippen molar-refractivity contribution in [3.05, 3.63) is 53.4 Å². The molecule has 6 nitrogen and oxygen atoms in total. The molecule has 0 atom stereocenters. The van der Waals surface area contributed by atoms with Gasteiger partial charge in [-0.05, 0) is 55.9 Å². The number of hydrogen-bond donors (Lipinski definition) is 3. The van der Waals surface area contributed by atoms with Crippen molar-refractivity contribution in [1.29, 1.82) is 0 Å². The van der Waals surface area contributed by atoms with E-state index in [1.54, 1.807) is 12.4 Å². The molecule has 2 aromatic heterocycles. The quantitative estimate of drug-likeness (QED) is 0.439. The van der Waals surface area contributed by atoms with E-state index in [0.717, 1.165) is 41.8 Å². The van der Waals surface area contributed by atoms with E-state index in [0.29, 0.717) is 16.1 Å². The molecule has 3 rings (SSSR count). The van der Waals surface area contributed by atoms with Gasteiger partial charge in [0.2, 0.25) is 5.95 Å². The van der Waals surface area contributed by atoms with Crippen LogP contribution in [-0.4, -0.2) is 33.2 Å². The second-order valence-electron chi connectivity index (χ2n) is 5.70. The number of aryl methyl sites for hydroxylation is 1. The molecule has 3 aromatic rings. The van der Waals surface area contributed by atoms with Gasteiger partial charge < -0.3 is 16.0 Å². The number of halogens is 1. The lowest BCUT2D eigenvalue weighted by atomic mass is 10.2. The maximum Gasteiger partial charge on any atom is 0.229 e. The Morgan fingerprint density at radius 3 is 2.81 bits per heavy atom.